The first-order valence-electron chi connectivity index (χ1n) is 8.02. The third-order valence-corrected chi connectivity index (χ3v) is 4.84. The van der Waals surface area contributed by atoms with Crippen molar-refractivity contribution in [2.45, 2.75) is 38.3 Å². The van der Waals surface area contributed by atoms with Gasteiger partial charge < -0.3 is 20.1 Å². The maximum Gasteiger partial charge on any atom is 0.213 e. The molecule has 0 spiro atoms. The molecule has 2 atom stereocenters. The van der Waals surface area contributed by atoms with Crippen LogP contribution in [-0.2, 0) is 19.5 Å². The zero-order chi connectivity index (χ0) is 17.1. The molecule has 2 unspecified atom stereocenters. The van der Waals surface area contributed by atoms with Gasteiger partial charge in [0.1, 0.15) is 0 Å². The molecule has 136 valence electrons. The molecular weight excluding hydrogens is 320 g/mol. The average Bonchev–Trinajstić information content (AvgIpc) is 2.53. The van der Waals surface area contributed by atoms with Crippen molar-refractivity contribution in [2.24, 2.45) is 4.99 Å². The van der Waals surface area contributed by atoms with Crippen LogP contribution in [0.2, 0.25) is 0 Å². The number of hydrogen-bond acceptors (Lipinski definition) is 5. The summed E-state index contributed by atoms with van der Waals surface area (Å²) in [6.45, 7) is 3.84. The van der Waals surface area contributed by atoms with Gasteiger partial charge in [-0.2, -0.15) is 0 Å². The number of nitrogens with zero attached hydrogens (tertiary/aromatic N) is 1. The van der Waals surface area contributed by atoms with Crippen LogP contribution in [0.25, 0.3) is 0 Å². The molecule has 0 aliphatic carbocycles. The van der Waals surface area contributed by atoms with E-state index in [0.717, 1.165) is 25.9 Å². The van der Waals surface area contributed by atoms with Crippen molar-refractivity contribution in [3.05, 3.63) is 0 Å². The van der Waals surface area contributed by atoms with Crippen LogP contribution >= 0.6 is 0 Å². The standard InChI is InChI=1S/C14H30N4O4S/c1-12(11-21-3)18-14(15-2)16-7-9-23(19,20)17-10-13-6-4-5-8-22-13/h12-13,17H,4-11H2,1-3H3,(H2,15,16,18). The summed E-state index contributed by atoms with van der Waals surface area (Å²) in [5.74, 6) is 0.541. The summed E-state index contributed by atoms with van der Waals surface area (Å²) in [5.41, 5.74) is 0. The zero-order valence-corrected chi connectivity index (χ0v) is 15.1. The summed E-state index contributed by atoms with van der Waals surface area (Å²) in [5, 5.41) is 6.10. The van der Waals surface area contributed by atoms with Gasteiger partial charge in [-0.1, -0.05) is 0 Å². The van der Waals surface area contributed by atoms with Gasteiger partial charge in [0.2, 0.25) is 10.0 Å². The van der Waals surface area contributed by atoms with E-state index in [1.807, 2.05) is 6.92 Å². The molecule has 0 radical (unpaired) electrons. The molecular formula is C14H30N4O4S. The van der Waals surface area contributed by atoms with Crippen LogP contribution in [-0.4, -0.2) is 72.7 Å². The van der Waals surface area contributed by atoms with E-state index in [4.69, 9.17) is 9.47 Å². The summed E-state index contributed by atoms with van der Waals surface area (Å²) in [6, 6.07) is 0.0874. The van der Waals surface area contributed by atoms with Crippen LogP contribution < -0.4 is 15.4 Å². The maximum absolute atomic E-state index is 12.0. The topological polar surface area (TPSA) is 101 Å². The molecule has 1 saturated heterocycles. The van der Waals surface area contributed by atoms with Gasteiger partial charge in [0.05, 0.1) is 18.5 Å². The zero-order valence-electron chi connectivity index (χ0n) is 14.3. The fraction of sp³-hybridized carbons (Fsp3) is 0.929. The SMILES string of the molecule is CN=C(NCCS(=O)(=O)NCC1CCCCO1)NC(C)COC. The van der Waals surface area contributed by atoms with Crippen LogP contribution in [0, 0.1) is 0 Å². The molecule has 3 N–H and O–H groups in total. The molecule has 0 aromatic rings. The Labute approximate surface area is 139 Å². The van der Waals surface area contributed by atoms with Gasteiger partial charge in [0.15, 0.2) is 5.96 Å². The first-order valence-corrected chi connectivity index (χ1v) is 9.67. The first kappa shape index (κ1) is 20.1. The van der Waals surface area contributed by atoms with Gasteiger partial charge in [-0.05, 0) is 26.2 Å². The molecule has 8 nitrogen and oxygen atoms in total. The average molecular weight is 350 g/mol. The van der Waals surface area contributed by atoms with Crippen molar-refractivity contribution < 1.29 is 17.9 Å². The molecule has 1 heterocycles. The molecule has 1 aliphatic heterocycles. The second kappa shape index (κ2) is 10.8. The van der Waals surface area contributed by atoms with Crippen LogP contribution in [0.3, 0.4) is 0 Å². The lowest BCUT2D eigenvalue weighted by molar-refractivity contribution is 0.0200. The Morgan fingerprint density at radius 1 is 1.43 bits per heavy atom. The number of rotatable bonds is 9. The highest BCUT2D eigenvalue weighted by Crippen LogP contribution is 2.11. The lowest BCUT2D eigenvalue weighted by Crippen LogP contribution is -2.46. The van der Waals surface area contributed by atoms with Crippen LogP contribution in [0.5, 0.6) is 0 Å². The quantitative estimate of drug-likeness (QED) is 0.389. The van der Waals surface area contributed by atoms with Crippen LogP contribution in [0.4, 0.5) is 0 Å². The third kappa shape index (κ3) is 9.09. The van der Waals surface area contributed by atoms with Crippen molar-refractivity contribution in [3.8, 4) is 0 Å². The minimum Gasteiger partial charge on any atom is -0.383 e. The van der Waals surface area contributed by atoms with Gasteiger partial charge in [-0.15, -0.1) is 0 Å². The van der Waals surface area contributed by atoms with Gasteiger partial charge in [0.25, 0.3) is 0 Å². The predicted octanol–water partition coefficient (Wildman–Crippen LogP) is -0.325. The van der Waals surface area contributed by atoms with E-state index >= 15 is 0 Å². The fourth-order valence-electron chi connectivity index (χ4n) is 2.28. The first-order chi connectivity index (χ1) is 11.0. The van der Waals surface area contributed by atoms with Crippen molar-refractivity contribution in [2.75, 3.05) is 46.2 Å². The number of methoxy groups -OCH3 is 1. The summed E-state index contributed by atoms with van der Waals surface area (Å²) >= 11 is 0. The number of sulfonamides is 1. The Morgan fingerprint density at radius 3 is 2.83 bits per heavy atom. The summed E-state index contributed by atoms with van der Waals surface area (Å²) in [6.07, 6.45) is 3.06. The lowest BCUT2D eigenvalue weighted by atomic mass is 10.1. The fourth-order valence-corrected chi connectivity index (χ4v) is 3.24. The van der Waals surface area contributed by atoms with E-state index in [1.54, 1.807) is 14.2 Å². The highest BCUT2D eigenvalue weighted by molar-refractivity contribution is 7.89. The van der Waals surface area contributed by atoms with Crippen molar-refractivity contribution in [1.29, 1.82) is 0 Å². The van der Waals surface area contributed by atoms with Crippen LogP contribution in [0.1, 0.15) is 26.2 Å². The number of ether oxygens (including phenoxy) is 2. The van der Waals surface area contributed by atoms with E-state index in [2.05, 4.69) is 20.3 Å². The minimum absolute atomic E-state index is 0.00388. The molecule has 1 aliphatic rings. The van der Waals surface area contributed by atoms with Crippen LogP contribution in [0.15, 0.2) is 4.99 Å². The van der Waals surface area contributed by atoms with Crippen molar-refractivity contribution in [1.82, 2.24) is 15.4 Å². The van der Waals surface area contributed by atoms with E-state index < -0.39 is 10.0 Å². The third-order valence-electron chi connectivity index (χ3n) is 3.49. The normalized spacial score (nSPS) is 21.0. The Bertz CT molecular complexity index is 450. The van der Waals surface area contributed by atoms with Gasteiger partial charge in [0, 0.05) is 39.9 Å². The van der Waals surface area contributed by atoms with Gasteiger partial charge in [-0.3, -0.25) is 4.99 Å². The lowest BCUT2D eigenvalue weighted by Gasteiger charge is -2.22. The Kier molecular flexibility index (Phi) is 9.46. The van der Waals surface area contributed by atoms with E-state index in [-0.39, 0.29) is 24.4 Å². The molecule has 9 heteroatoms. The molecule has 0 bridgehead atoms. The number of aliphatic imine (C=N–C) groups is 1. The van der Waals surface area contributed by atoms with Crippen molar-refractivity contribution in [3.63, 3.8) is 0 Å². The van der Waals surface area contributed by atoms with E-state index in [1.165, 1.54) is 0 Å². The minimum atomic E-state index is -3.32. The van der Waals surface area contributed by atoms with E-state index in [0.29, 0.717) is 19.1 Å². The number of nitrogens with one attached hydrogen (secondary N) is 3. The molecule has 0 saturated carbocycles. The molecule has 0 amide bonds. The second-order valence-corrected chi connectivity index (χ2v) is 7.58. The Balaban J connectivity index is 2.26. The summed E-state index contributed by atoms with van der Waals surface area (Å²) < 4.78 is 37.1. The molecule has 1 fully saturated rings. The van der Waals surface area contributed by atoms with Gasteiger partial charge in [-0.25, -0.2) is 13.1 Å². The molecule has 0 aromatic carbocycles. The predicted molar refractivity (Wildman–Crippen MR) is 91.2 cm³/mol. The molecule has 0 aromatic heterocycles. The Hall–Kier alpha value is -0.900. The summed E-state index contributed by atoms with van der Waals surface area (Å²) in [7, 11) is -0.0550. The van der Waals surface area contributed by atoms with Gasteiger partial charge >= 0.3 is 0 Å². The molecule has 1 rings (SSSR count). The maximum atomic E-state index is 12.0. The number of guanidine groups is 1. The Morgan fingerprint density at radius 2 is 2.22 bits per heavy atom. The highest BCUT2D eigenvalue weighted by atomic mass is 32.2. The van der Waals surface area contributed by atoms with E-state index in [9.17, 15) is 8.42 Å². The second-order valence-electron chi connectivity index (χ2n) is 5.66. The number of hydrogen-bond donors (Lipinski definition) is 3. The molecule has 23 heavy (non-hydrogen) atoms. The smallest absolute Gasteiger partial charge is 0.213 e. The van der Waals surface area contributed by atoms with Crippen molar-refractivity contribution >= 4 is 16.0 Å². The largest absolute Gasteiger partial charge is 0.383 e. The highest BCUT2D eigenvalue weighted by Gasteiger charge is 2.17. The monoisotopic (exact) mass is 350 g/mol. The summed E-state index contributed by atoms with van der Waals surface area (Å²) in [4.78, 5) is 4.05.